The molecule has 0 radical (unpaired) electrons. The van der Waals surface area contributed by atoms with E-state index in [0.29, 0.717) is 13.2 Å². The van der Waals surface area contributed by atoms with Crippen molar-refractivity contribution in [3.05, 3.63) is 28.7 Å². The highest BCUT2D eigenvalue weighted by atomic mass is 16.5. The Kier molecular flexibility index (Phi) is 2.96. The van der Waals surface area contributed by atoms with Crippen molar-refractivity contribution in [1.29, 1.82) is 0 Å². The molecule has 16 heavy (non-hydrogen) atoms. The summed E-state index contributed by atoms with van der Waals surface area (Å²) in [7, 11) is 1.73. The van der Waals surface area contributed by atoms with Crippen LogP contribution in [0.5, 0.6) is 5.75 Å². The summed E-state index contributed by atoms with van der Waals surface area (Å²) in [5.74, 6) is 0.760. The van der Waals surface area contributed by atoms with E-state index in [1.807, 2.05) is 18.2 Å². The van der Waals surface area contributed by atoms with E-state index >= 15 is 0 Å². The predicted molar refractivity (Wildman–Crippen MR) is 62.7 cm³/mol. The maximum Gasteiger partial charge on any atom is 0.326 e. The zero-order valence-corrected chi connectivity index (χ0v) is 9.19. The number of imidazole rings is 1. The average Bonchev–Trinajstić information content (AvgIpc) is 2.56. The van der Waals surface area contributed by atoms with E-state index in [1.165, 1.54) is 0 Å². The number of ether oxygens (including phenoxy) is 1. The van der Waals surface area contributed by atoms with Gasteiger partial charge in [0, 0.05) is 13.1 Å². The molecule has 0 saturated carbocycles. The largest absolute Gasteiger partial charge is 0.493 e. The van der Waals surface area contributed by atoms with Gasteiger partial charge >= 0.3 is 5.69 Å². The Bertz CT molecular complexity index is 542. The fourth-order valence-corrected chi connectivity index (χ4v) is 1.57. The lowest BCUT2D eigenvalue weighted by atomic mass is 10.3. The summed E-state index contributed by atoms with van der Waals surface area (Å²) < 4.78 is 7.07. The van der Waals surface area contributed by atoms with Crippen molar-refractivity contribution in [2.24, 2.45) is 12.8 Å². The summed E-state index contributed by atoms with van der Waals surface area (Å²) in [6, 6.07) is 5.53. The lowest BCUT2D eigenvalue weighted by molar-refractivity contribution is 0.314. The number of hydrogen-bond acceptors (Lipinski definition) is 3. The van der Waals surface area contributed by atoms with Crippen LogP contribution in [0.2, 0.25) is 0 Å². The van der Waals surface area contributed by atoms with Crippen LogP contribution in [0.1, 0.15) is 6.42 Å². The molecule has 1 aromatic carbocycles. The van der Waals surface area contributed by atoms with Crippen LogP contribution < -0.4 is 16.2 Å². The highest BCUT2D eigenvalue weighted by Gasteiger charge is 2.04. The Balaban J connectivity index is 2.28. The standard InChI is InChI=1S/C11H15N3O2/c1-14-10-7-8(16-6-2-5-12)3-4-9(10)13-11(14)15/h3-4,7H,2,5-6,12H2,1H3,(H,13,15). The quantitative estimate of drug-likeness (QED) is 0.742. The zero-order chi connectivity index (χ0) is 11.5. The zero-order valence-electron chi connectivity index (χ0n) is 9.19. The minimum atomic E-state index is -0.117. The molecule has 86 valence electrons. The van der Waals surface area contributed by atoms with Crippen molar-refractivity contribution in [3.63, 3.8) is 0 Å². The van der Waals surface area contributed by atoms with Crippen LogP contribution >= 0.6 is 0 Å². The molecule has 5 heteroatoms. The number of aromatic amines is 1. The summed E-state index contributed by atoms with van der Waals surface area (Å²) >= 11 is 0. The first-order chi connectivity index (χ1) is 7.72. The van der Waals surface area contributed by atoms with Gasteiger partial charge in [0.2, 0.25) is 0 Å². The normalized spacial score (nSPS) is 10.9. The van der Waals surface area contributed by atoms with Gasteiger partial charge in [0.05, 0.1) is 17.6 Å². The van der Waals surface area contributed by atoms with Crippen LogP contribution in [0, 0.1) is 0 Å². The number of nitrogens with two attached hydrogens (primary N) is 1. The molecule has 0 aliphatic heterocycles. The van der Waals surface area contributed by atoms with Gasteiger partial charge in [-0.15, -0.1) is 0 Å². The number of aryl methyl sites for hydroxylation is 1. The Hall–Kier alpha value is -1.75. The second kappa shape index (κ2) is 4.40. The molecule has 0 fully saturated rings. The average molecular weight is 221 g/mol. The third kappa shape index (κ3) is 1.94. The molecule has 0 atom stereocenters. The first kappa shape index (κ1) is 10.8. The fraction of sp³-hybridized carbons (Fsp3) is 0.364. The first-order valence-corrected chi connectivity index (χ1v) is 5.24. The summed E-state index contributed by atoms with van der Waals surface area (Å²) in [4.78, 5) is 14.1. The predicted octanol–water partition coefficient (Wildman–Crippen LogP) is 0.594. The van der Waals surface area contributed by atoms with Crippen molar-refractivity contribution in [2.45, 2.75) is 6.42 Å². The van der Waals surface area contributed by atoms with Crippen LogP contribution in [-0.4, -0.2) is 22.7 Å². The van der Waals surface area contributed by atoms with E-state index in [1.54, 1.807) is 11.6 Å². The molecule has 0 aliphatic carbocycles. The van der Waals surface area contributed by atoms with Crippen molar-refractivity contribution in [1.82, 2.24) is 9.55 Å². The van der Waals surface area contributed by atoms with Crippen LogP contribution in [0.15, 0.2) is 23.0 Å². The van der Waals surface area contributed by atoms with Crippen LogP contribution in [-0.2, 0) is 7.05 Å². The molecule has 0 saturated heterocycles. The molecule has 0 spiro atoms. The number of hydrogen-bond donors (Lipinski definition) is 2. The third-order valence-corrected chi connectivity index (χ3v) is 2.49. The number of benzene rings is 1. The molecule has 0 unspecified atom stereocenters. The Morgan fingerprint density at radius 1 is 1.50 bits per heavy atom. The second-order valence-electron chi connectivity index (χ2n) is 3.66. The van der Waals surface area contributed by atoms with Gasteiger partial charge in [0.25, 0.3) is 0 Å². The van der Waals surface area contributed by atoms with E-state index in [4.69, 9.17) is 10.5 Å². The van der Waals surface area contributed by atoms with Gasteiger partial charge in [0.1, 0.15) is 5.75 Å². The van der Waals surface area contributed by atoms with Crippen LogP contribution in [0.25, 0.3) is 11.0 Å². The number of nitrogens with zero attached hydrogens (tertiary/aromatic N) is 1. The van der Waals surface area contributed by atoms with Crippen molar-refractivity contribution in [2.75, 3.05) is 13.2 Å². The van der Waals surface area contributed by atoms with E-state index in [2.05, 4.69) is 4.98 Å². The molecule has 2 aromatic rings. The number of fused-ring (bicyclic) bond motifs is 1. The Morgan fingerprint density at radius 2 is 2.31 bits per heavy atom. The molecular weight excluding hydrogens is 206 g/mol. The van der Waals surface area contributed by atoms with Gasteiger partial charge in [-0.3, -0.25) is 4.57 Å². The van der Waals surface area contributed by atoms with Gasteiger partial charge < -0.3 is 15.5 Å². The number of rotatable bonds is 4. The molecule has 5 nitrogen and oxygen atoms in total. The molecular formula is C11H15N3O2. The smallest absolute Gasteiger partial charge is 0.326 e. The SMILES string of the molecule is Cn1c(=O)[nH]c2ccc(OCCCN)cc21. The van der Waals surface area contributed by atoms with Gasteiger partial charge in [0.15, 0.2) is 0 Å². The first-order valence-electron chi connectivity index (χ1n) is 5.24. The highest BCUT2D eigenvalue weighted by molar-refractivity contribution is 5.76. The van der Waals surface area contributed by atoms with Crippen molar-refractivity contribution < 1.29 is 4.74 Å². The molecule has 0 bridgehead atoms. The van der Waals surface area contributed by atoms with Crippen molar-refractivity contribution in [3.8, 4) is 5.75 Å². The monoisotopic (exact) mass is 221 g/mol. The maximum atomic E-state index is 11.4. The third-order valence-electron chi connectivity index (χ3n) is 2.49. The van der Waals surface area contributed by atoms with Crippen molar-refractivity contribution >= 4 is 11.0 Å². The van der Waals surface area contributed by atoms with Gasteiger partial charge in [-0.1, -0.05) is 0 Å². The summed E-state index contributed by atoms with van der Waals surface area (Å²) in [6.45, 7) is 1.21. The van der Waals surface area contributed by atoms with Gasteiger partial charge in [-0.05, 0) is 25.1 Å². The summed E-state index contributed by atoms with van der Waals surface area (Å²) in [5, 5.41) is 0. The van der Waals surface area contributed by atoms with Gasteiger partial charge in [-0.2, -0.15) is 0 Å². The molecule has 3 N–H and O–H groups in total. The van der Waals surface area contributed by atoms with Crippen LogP contribution in [0.4, 0.5) is 0 Å². The fourth-order valence-electron chi connectivity index (χ4n) is 1.57. The number of aromatic nitrogens is 2. The molecule has 0 amide bonds. The van der Waals surface area contributed by atoms with E-state index in [0.717, 1.165) is 23.2 Å². The Morgan fingerprint density at radius 3 is 3.06 bits per heavy atom. The molecule has 0 aliphatic rings. The Labute approximate surface area is 92.8 Å². The molecule has 2 rings (SSSR count). The van der Waals surface area contributed by atoms with Crippen LogP contribution in [0.3, 0.4) is 0 Å². The summed E-state index contributed by atoms with van der Waals surface area (Å²) in [6.07, 6.45) is 0.824. The lowest BCUT2D eigenvalue weighted by Gasteiger charge is -2.05. The minimum absolute atomic E-state index is 0.117. The lowest BCUT2D eigenvalue weighted by Crippen LogP contribution is -2.11. The highest BCUT2D eigenvalue weighted by Crippen LogP contribution is 2.18. The van der Waals surface area contributed by atoms with E-state index in [9.17, 15) is 4.79 Å². The molecule has 1 heterocycles. The number of nitrogens with one attached hydrogen (secondary N) is 1. The molecule has 1 aromatic heterocycles. The van der Waals surface area contributed by atoms with Gasteiger partial charge in [-0.25, -0.2) is 4.79 Å². The summed E-state index contributed by atoms with van der Waals surface area (Å²) in [5.41, 5.74) is 6.92. The maximum absolute atomic E-state index is 11.4. The minimum Gasteiger partial charge on any atom is -0.493 e. The second-order valence-corrected chi connectivity index (χ2v) is 3.66. The topological polar surface area (TPSA) is 73.0 Å². The van der Waals surface area contributed by atoms with E-state index < -0.39 is 0 Å². The number of H-pyrrole nitrogens is 1. The van der Waals surface area contributed by atoms with E-state index in [-0.39, 0.29) is 5.69 Å².